The van der Waals surface area contributed by atoms with E-state index in [0.29, 0.717) is 5.56 Å². The van der Waals surface area contributed by atoms with Crippen molar-refractivity contribution in [3.63, 3.8) is 0 Å². The van der Waals surface area contributed by atoms with Gasteiger partial charge in [0.2, 0.25) is 0 Å². The number of alkyl halides is 3. The summed E-state index contributed by atoms with van der Waals surface area (Å²) in [5.41, 5.74) is 0.373. The quantitative estimate of drug-likeness (QED) is 0.389. The van der Waals surface area contributed by atoms with Crippen molar-refractivity contribution >= 4 is 12.1 Å². The third kappa shape index (κ3) is 5.79. The number of esters is 1. The van der Waals surface area contributed by atoms with Crippen LogP contribution in [-0.2, 0) is 33.4 Å². The molecule has 1 fully saturated rings. The number of phenolic OH excluding ortho intramolecular Hbond substituents is 1. The number of carbonyl (C=O) groups is 2. The zero-order valence-corrected chi connectivity index (χ0v) is 20.0. The van der Waals surface area contributed by atoms with Crippen molar-refractivity contribution in [2.45, 2.75) is 38.2 Å². The highest BCUT2D eigenvalue weighted by Crippen LogP contribution is 2.39. The van der Waals surface area contributed by atoms with E-state index in [9.17, 15) is 27.9 Å². The molecule has 7 nitrogen and oxygen atoms in total. The Balaban J connectivity index is 1.66. The van der Waals surface area contributed by atoms with Gasteiger partial charge >= 0.3 is 18.2 Å². The Bertz CT molecular complexity index is 1300. The standard InChI is InChI=1S/C27H24F3NO6/c1-16-25(18-6-4-3-5-7-18)37-26(34)31(16)15-19-14-20(27(28,29)30)9-11-22(19)36-23-12-17(8-10-21(23)32)13-24(33)35-2/h3-12,14,16,25,32H,13,15H2,1-2H3. The molecule has 0 spiro atoms. The Morgan fingerprint density at radius 3 is 2.46 bits per heavy atom. The minimum atomic E-state index is -4.63. The number of halogens is 3. The summed E-state index contributed by atoms with van der Waals surface area (Å²) in [5, 5.41) is 10.3. The number of carbonyl (C=O) groups excluding carboxylic acids is 2. The van der Waals surface area contributed by atoms with E-state index in [2.05, 4.69) is 4.74 Å². The number of phenols is 1. The van der Waals surface area contributed by atoms with Gasteiger partial charge in [0, 0.05) is 5.56 Å². The minimum Gasteiger partial charge on any atom is -0.504 e. The van der Waals surface area contributed by atoms with Gasteiger partial charge in [0.1, 0.15) is 11.9 Å². The fourth-order valence-electron chi connectivity index (χ4n) is 4.07. The summed E-state index contributed by atoms with van der Waals surface area (Å²) in [5.74, 6) is -0.859. The lowest BCUT2D eigenvalue weighted by molar-refractivity contribution is -0.140. The SMILES string of the molecule is COC(=O)Cc1ccc(O)c(Oc2ccc(C(F)(F)F)cc2CN2C(=O)OC(c3ccccc3)C2C)c1. The van der Waals surface area contributed by atoms with Crippen LogP contribution in [0.5, 0.6) is 17.2 Å². The lowest BCUT2D eigenvalue weighted by Crippen LogP contribution is -2.31. The molecule has 2 unspecified atom stereocenters. The first-order valence-corrected chi connectivity index (χ1v) is 11.4. The average Bonchev–Trinajstić information content (AvgIpc) is 3.15. The van der Waals surface area contributed by atoms with Gasteiger partial charge in [-0.3, -0.25) is 9.69 Å². The number of methoxy groups -OCH3 is 1. The molecule has 1 aliphatic rings. The van der Waals surface area contributed by atoms with Crippen LogP contribution >= 0.6 is 0 Å². The molecule has 1 amide bonds. The van der Waals surface area contributed by atoms with Crippen molar-refractivity contribution < 1.29 is 42.1 Å². The fraction of sp³-hybridized carbons (Fsp3) is 0.259. The lowest BCUT2D eigenvalue weighted by atomic mass is 10.0. The molecule has 1 heterocycles. The van der Waals surface area contributed by atoms with Crippen molar-refractivity contribution in [1.29, 1.82) is 0 Å². The maximum atomic E-state index is 13.5. The summed E-state index contributed by atoms with van der Waals surface area (Å²) in [6, 6.07) is 15.7. The smallest absolute Gasteiger partial charge is 0.416 e. The minimum absolute atomic E-state index is 0.00155. The first-order chi connectivity index (χ1) is 17.6. The lowest BCUT2D eigenvalue weighted by Gasteiger charge is -2.23. The van der Waals surface area contributed by atoms with Gasteiger partial charge < -0.3 is 19.3 Å². The molecule has 1 aliphatic heterocycles. The molecular weight excluding hydrogens is 491 g/mol. The maximum Gasteiger partial charge on any atom is 0.416 e. The Morgan fingerprint density at radius 1 is 1.05 bits per heavy atom. The molecule has 4 rings (SSSR count). The van der Waals surface area contributed by atoms with Gasteiger partial charge in [-0.15, -0.1) is 0 Å². The van der Waals surface area contributed by atoms with E-state index in [-0.39, 0.29) is 35.8 Å². The van der Waals surface area contributed by atoms with Gasteiger partial charge in [-0.25, -0.2) is 4.79 Å². The number of hydrogen-bond acceptors (Lipinski definition) is 6. The first-order valence-electron chi connectivity index (χ1n) is 11.4. The van der Waals surface area contributed by atoms with Gasteiger partial charge in [-0.05, 0) is 48.4 Å². The Labute approximate surface area is 211 Å². The fourth-order valence-corrected chi connectivity index (χ4v) is 4.07. The van der Waals surface area contributed by atoms with Gasteiger partial charge in [-0.2, -0.15) is 13.2 Å². The zero-order valence-electron chi connectivity index (χ0n) is 20.0. The molecular formula is C27H24F3NO6. The maximum absolute atomic E-state index is 13.5. The number of amides is 1. The van der Waals surface area contributed by atoms with Crippen LogP contribution in [0, 0.1) is 0 Å². The molecule has 3 aromatic rings. The van der Waals surface area contributed by atoms with Crippen molar-refractivity contribution in [1.82, 2.24) is 4.90 Å². The van der Waals surface area contributed by atoms with E-state index in [4.69, 9.17) is 9.47 Å². The van der Waals surface area contributed by atoms with Crippen LogP contribution in [0.2, 0.25) is 0 Å². The molecule has 1 saturated heterocycles. The van der Waals surface area contributed by atoms with Crippen LogP contribution in [-0.4, -0.2) is 35.2 Å². The predicted molar refractivity (Wildman–Crippen MR) is 126 cm³/mol. The normalized spacial score (nSPS) is 17.4. The second-order valence-corrected chi connectivity index (χ2v) is 8.56. The number of ether oxygens (including phenoxy) is 3. The molecule has 1 N–H and O–H groups in total. The van der Waals surface area contributed by atoms with Crippen molar-refractivity contribution in [3.8, 4) is 17.2 Å². The number of hydrogen-bond donors (Lipinski definition) is 1. The summed E-state index contributed by atoms with van der Waals surface area (Å²) in [6.45, 7) is 1.52. The molecule has 194 valence electrons. The van der Waals surface area contributed by atoms with Crippen molar-refractivity contribution in [2.24, 2.45) is 0 Å². The molecule has 3 aromatic carbocycles. The van der Waals surface area contributed by atoms with E-state index in [0.717, 1.165) is 23.8 Å². The van der Waals surface area contributed by atoms with Gasteiger partial charge in [0.25, 0.3) is 0 Å². The van der Waals surface area contributed by atoms with Crippen molar-refractivity contribution in [2.75, 3.05) is 7.11 Å². The van der Waals surface area contributed by atoms with Crippen LogP contribution in [0.3, 0.4) is 0 Å². The highest BCUT2D eigenvalue weighted by atomic mass is 19.4. The van der Waals surface area contributed by atoms with E-state index in [1.54, 1.807) is 31.2 Å². The topological polar surface area (TPSA) is 85.3 Å². The van der Waals surface area contributed by atoms with Gasteiger partial charge in [0.15, 0.2) is 11.5 Å². The summed E-state index contributed by atoms with van der Waals surface area (Å²) >= 11 is 0. The second kappa shape index (κ2) is 10.4. The summed E-state index contributed by atoms with van der Waals surface area (Å²) in [4.78, 5) is 25.7. The molecule has 0 bridgehead atoms. The summed E-state index contributed by atoms with van der Waals surface area (Å²) < 4.78 is 56.5. The van der Waals surface area contributed by atoms with E-state index < -0.39 is 35.9 Å². The van der Waals surface area contributed by atoms with Crippen LogP contribution < -0.4 is 4.74 Å². The van der Waals surface area contributed by atoms with Crippen LogP contribution in [0.4, 0.5) is 18.0 Å². The average molecular weight is 515 g/mol. The first kappa shape index (κ1) is 25.9. The zero-order chi connectivity index (χ0) is 26.7. The Morgan fingerprint density at radius 2 is 1.78 bits per heavy atom. The Kier molecular flexibility index (Phi) is 7.28. The van der Waals surface area contributed by atoms with Crippen LogP contribution in [0.25, 0.3) is 0 Å². The van der Waals surface area contributed by atoms with E-state index in [1.165, 1.54) is 30.2 Å². The molecule has 0 radical (unpaired) electrons. The van der Waals surface area contributed by atoms with Gasteiger partial charge in [0.05, 0.1) is 31.7 Å². The third-order valence-corrected chi connectivity index (χ3v) is 6.07. The largest absolute Gasteiger partial charge is 0.504 e. The summed E-state index contributed by atoms with van der Waals surface area (Å²) in [6.07, 6.45) is -5.99. The van der Waals surface area contributed by atoms with E-state index >= 15 is 0 Å². The molecule has 0 aromatic heterocycles. The number of rotatable bonds is 7. The molecule has 37 heavy (non-hydrogen) atoms. The van der Waals surface area contributed by atoms with E-state index in [1.807, 2.05) is 6.07 Å². The second-order valence-electron chi connectivity index (χ2n) is 8.56. The number of aromatic hydroxyl groups is 1. The van der Waals surface area contributed by atoms with Gasteiger partial charge in [-0.1, -0.05) is 36.4 Å². The molecule has 0 saturated carbocycles. The Hall–Kier alpha value is -4.21. The molecule has 2 atom stereocenters. The van der Waals surface area contributed by atoms with Crippen LogP contribution in [0.1, 0.15) is 35.3 Å². The molecule has 0 aliphatic carbocycles. The number of cyclic esters (lactones) is 1. The highest BCUT2D eigenvalue weighted by Gasteiger charge is 2.40. The summed E-state index contributed by atoms with van der Waals surface area (Å²) in [7, 11) is 1.24. The third-order valence-electron chi connectivity index (χ3n) is 6.07. The number of benzene rings is 3. The molecule has 10 heteroatoms. The highest BCUT2D eigenvalue weighted by molar-refractivity contribution is 5.73. The van der Waals surface area contributed by atoms with Crippen LogP contribution in [0.15, 0.2) is 66.7 Å². The predicted octanol–water partition coefficient (Wildman–Crippen LogP) is 6.00. The monoisotopic (exact) mass is 515 g/mol. The van der Waals surface area contributed by atoms with Crippen molar-refractivity contribution in [3.05, 3.63) is 89.0 Å². The number of nitrogens with zero attached hydrogens (tertiary/aromatic N) is 1.